The van der Waals surface area contributed by atoms with Crippen molar-refractivity contribution in [3.8, 4) is 6.07 Å². The van der Waals surface area contributed by atoms with Crippen LogP contribution in [0.15, 0.2) is 12.1 Å². The van der Waals surface area contributed by atoms with Crippen molar-refractivity contribution in [1.29, 1.82) is 5.26 Å². The van der Waals surface area contributed by atoms with Gasteiger partial charge in [-0.15, -0.1) is 11.3 Å². The summed E-state index contributed by atoms with van der Waals surface area (Å²) < 4.78 is 5.32. The van der Waals surface area contributed by atoms with Gasteiger partial charge in [-0.25, -0.2) is 4.98 Å². The molecular formula is C12H12N4OS. The lowest BCUT2D eigenvalue weighted by atomic mass is 10.2. The number of rotatable bonds is 1. The van der Waals surface area contributed by atoms with Crippen LogP contribution in [0.1, 0.15) is 4.88 Å². The monoisotopic (exact) mass is 260 g/mol. The maximum absolute atomic E-state index is 8.96. The third kappa shape index (κ3) is 1.78. The van der Waals surface area contributed by atoms with Crippen molar-refractivity contribution >= 4 is 33.1 Å². The highest BCUT2D eigenvalue weighted by molar-refractivity contribution is 7.19. The molecule has 0 atom stereocenters. The molecule has 3 rings (SSSR count). The van der Waals surface area contributed by atoms with Crippen molar-refractivity contribution in [2.75, 3.05) is 36.9 Å². The van der Waals surface area contributed by atoms with Crippen LogP contribution in [0.5, 0.6) is 0 Å². The van der Waals surface area contributed by atoms with E-state index in [1.54, 1.807) is 0 Å². The van der Waals surface area contributed by atoms with E-state index in [9.17, 15) is 0 Å². The van der Waals surface area contributed by atoms with Crippen LogP contribution >= 0.6 is 11.3 Å². The summed E-state index contributed by atoms with van der Waals surface area (Å²) in [7, 11) is 0. The van der Waals surface area contributed by atoms with Crippen molar-refractivity contribution in [1.82, 2.24) is 4.98 Å². The molecule has 0 amide bonds. The van der Waals surface area contributed by atoms with Crippen LogP contribution in [-0.2, 0) is 4.74 Å². The van der Waals surface area contributed by atoms with Crippen molar-refractivity contribution < 1.29 is 4.74 Å². The third-order valence-electron chi connectivity index (χ3n) is 3.02. The SMILES string of the molecule is N#Cc1sc2nc(N3CCOCC3)ccc2c1N. The van der Waals surface area contributed by atoms with Crippen molar-refractivity contribution in [2.24, 2.45) is 0 Å². The molecule has 2 aromatic heterocycles. The minimum Gasteiger partial charge on any atom is -0.396 e. The van der Waals surface area contributed by atoms with Gasteiger partial charge in [-0.05, 0) is 12.1 Å². The number of aromatic nitrogens is 1. The molecule has 2 N–H and O–H groups in total. The number of pyridine rings is 1. The normalized spacial score (nSPS) is 15.8. The van der Waals surface area contributed by atoms with E-state index in [-0.39, 0.29) is 0 Å². The van der Waals surface area contributed by atoms with E-state index in [0.29, 0.717) is 10.6 Å². The Labute approximate surface area is 108 Å². The van der Waals surface area contributed by atoms with Gasteiger partial charge in [0.2, 0.25) is 0 Å². The maximum Gasteiger partial charge on any atom is 0.130 e. The van der Waals surface area contributed by atoms with Gasteiger partial charge in [0.15, 0.2) is 0 Å². The Morgan fingerprint density at radius 1 is 1.39 bits per heavy atom. The van der Waals surface area contributed by atoms with Gasteiger partial charge in [0.25, 0.3) is 0 Å². The van der Waals surface area contributed by atoms with Gasteiger partial charge in [-0.2, -0.15) is 5.26 Å². The number of morpholine rings is 1. The summed E-state index contributed by atoms with van der Waals surface area (Å²) in [5.41, 5.74) is 6.43. The highest BCUT2D eigenvalue weighted by Gasteiger charge is 2.15. The van der Waals surface area contributed by atoms with Crippen LogP contribution in [0.4, 0.5) is 11.5 Å². The molecule has 6 heteroatoms. The molecule has 0 bridgehead atoms. The first-order valence-electron chi connectivity index (χ1n) is 5.71. The first-order valence-corrected chi connectivity index (χ1v) is 6.53. The van der Waals surface area contributed by atoms with E-state index in [2.05, 4.69) is 16.0 Å². The van der Waals surface area contributed by atoms with Crippen LogP contribution in [0.25, 0.3) is 10.2 Å². The van der Waals surface area contributed by atoms with Crippen LogP contribution in [0, 0.1) is 11.3 Å². The molecule has 0 saturated carbocycles. The second kappa shape index (κ2) is 4.44. The fourth-order valence-electron chi connectivity index (χ4n) is 2.04. The molecule has 1 aliphatic rings. The number of hydrogen-bond donors (Lipinski definition) is 1. The largest absolute Gasteiger partial charge is 0.396 e. The summed E-state index contributed by atoms with van der Waals surface area (Å²) in [6, 6.07) is 6.00. The minimum absolute atomic E-state index is 0.539. The Kier molecular flexibility index (Phi) is 2.78. The lowest BCUT2D eigenvalue weighted by Crippen LogP contribution is -2.36. The maximum atomic E-state index is 8.96. The smallest absolute Gasteiger partial charge is 0.130 e. The van der Waals surface area contributed by atoms with Crippen LogP contribution < -0.4 is 10.6 Å². The number of thiophene rings is 1. The molecule has 3 heterocycles. The topological polar surface area (TPSA) is 75.2 Å². The van der Waals surface area contributed by atoms with E-state index in [1.165, 1.54) is 11.3 Å². The summed E-state index contributed by atoms with van der Waals surface area (Å²) in [6.07, 6.45) is 0. The highest BCUT2D eigenvalue weighted by Crippen LogP contribution is 2.33. The lowest BCUT2D eigenvalue weighted by molar-refractivity contribution is 0.122. The van der Waals surface area contributed by atoms with Gasteiger partial charge in [0.1, 0.15) is 21.6 Å². The van der Waals surface area contributed by atoms with Crippen LogP contribution in [0.2, 0.25) is 0 Å². The van der Waals surface area contributed by atoms with Gasteiger partial charge >= 0.3 is 0 Å². The molecule has 1 saturated heterocycles. The molecule has 2 aromatic rings. The minimum atomic E-state index is 0.539. The lowest BCUT2D eigenvalue weighted by Gasteiger charge is -2.27. The Bertz CT molecular complexity index is 625. The number of hydrogen-bond acceptors (Lipinski definition) is 6. The zero-order valence-corrected chi connectivity index (χ0v) is 10.5. The summed E-state index contributed by atoms with van der Waals surface area (Å²) in [5.74, 6) is 0.927. The molecule has 0 spiro atoms. The Morgan fingerprint density at radius 3 is 2.89 bits per heavy atom. The average molecular weight is 260 g/mol. The van der Waals surface area contributed by atoms with Gasteiger partial charge < -0.3 is 15.4 Å². The molecule has 1 fully saturated rings. The zero-order chi connectivity index (χ0) is 12.5. The number of nitriles is 1. The zero-order valence-electron chi connectivity index (χ0n) is 9.72. The molecular weight excluding hydrogens is 248 g/mol. The fraction of sp³-hybridized carbons (Fsp3) is 0.333. The number of nitrogen functional groups attached to an aromatic ring is 1. The molecule has 0 radical (unpaired) electrons. The van der Waals surface area contributed by atoms with Crippen molar-refractivity contribution in [3.05, 3.63) is 17.0 Å². The predicted octanol–water partition coefficient (Wildman–Crippen LogP) is 1.59. The van der Waals surface area contributed by atoms with Gasteiger partial charge in [0, 0.05) is 18.5 Å². The van der Waals surface area contributed by atoms with E-state index in [4.69, 9.17) is 15.7 Å². The quantitative estimate of drug-likeness (QED) is 0.842. The van der Waals surface area contributed by atoms with Crippen LogP contribution in [-0.4, -0.2) is 31.3 Å². The van der Waals surface area contributed by atoms with Crippen LogP contribution in [0.3, 0.4) is 0 Å². The molecule has 0 aromatic carbocycles. The Morgan fingerprint density at radius 2 is 2.17 bits per heavy atom. The molecule has 1 aliphatic heterocycles. The summed E-state index contributed by atoms with van der Waals surface area (Å²) >= 11 is 1.35. The Balaban J connectivity index is 2.03. The standard InChI is InChI=1S/C12H12N4OS/c13-7-9-11(14)8-1-2-10(15-12(8)18-9)16-3-5-17-6-4-16/h1-2H,3-6,14H2. The molecule has 92 valence electrons. The summed E-state index contributed by atoms with van der Waals surface area (Å²) in [6.45, 7) is 3.17. The van der Waals surface area contributed by atoms with Gasteiger partial charge in [-0.3, -0.25) is 0 Å². The predicted molar refractivity (Wildman–Crippen MR) is 71.8 cm³/mol. The van der Waals surface area contributed by atoms with Crippen molar-refractivity contribution in [2.45, 2.75) is 0 Å². The second-order valence-electron chi connectivity index (χ2n) is 4.08. The fourth-order valence-corrected chi connectivity index (χ4v) is 2.93. The van der Waals surface area contributed by atoms with Crippen molar-refractivity contribution in [3.63, 3.8) is 0 Å². The third-order valence-corrected chi connectivity index (χ3v) is 4.04. The number of nitrogens with zero attached hydrogens (tertiary/aromatic N) is 3. The van der Waals surface area contributed by atoms with Gasteiger partial charge in [-0.1, -0.05) is 0 Å². The number of fused-ring (bicyclic) bond motifs is 1. The first kappa shape index (κ1) is 11.3. The Hall–Kier alpha value is -1.84. The average Bonchev–Trinajstić information content (AvgIpc) is 2.76. The molecule has 0 aliphatic carbocycles. The number of ether oxygens (including phenoxy) is 1. The molecule has 0 unspecified atom stereocenters. The van der Waals surface area contributed by atoms with E-state index in [1.807, 2.05) is 12.1 Å². The highest BCUT2D eigenvalue weighted by atomic mass is 32.1. The molecule has 5 nitrogen and oxygen atoms in total. The van der Waals surface area contributed by atoms with E-state index >= 15 is 0 Å². The van der Waals surface area contributed by atoms with Gasteiger partial charge in [0.05, 0.1) is 18.9 Å². The second-order valence-corrected chi connectivity index (χ2v) is 5.08. The van der Waals surface area contributed by atoms with E-state index in [0.717, 1.165) is 42.3 Å². The summed E-state index contributed by atoms with van der Waals surface area (Å²) in [5, 5.41) is 9.83. The first-order chi connectivity index (χ1) is 8.79. The summed E-state index contributed by atoms with van der Waals surface area (Å²) in [4.78, 5) is 8.14. The number of nitrogens with two attached hydrogens (primary N) is 1. The molecule has 18 heavy (non-hydrogen) atoms. The number of anilines is 2. The van der Waals surface area contributed by atoms with E-state index < -0.39 is 0 Å².